The van der Waals surface area contributed by atoms with E-state index in [1.54, 1.807) is 16.0 Å². The van der Waals surface area contributed by atoms with Crippen molar-refractivity contribution in [2.45, 2.75) is 13.0 Å². The molecule has 0 amide bonds. The zero-order chi connectivity index (χ0) is 9.97. The molecule has 0 aromatic carbocycles. The smallest absolute Gasteiger partial charge is 0.0731 e. The second-order valence-corrected chi connectivity index (χ2v) is 4.26. The molecule has 2 heterocycles. The molecule has 0 saturated heterocycles. The van der Waals surface area contributed by atoms with E-state index < -0.39 is 0 Å². The molecule has 2 aromatic heterocycles. The van der Waals surface area contributed by atoms with E-state index in [2.05, 4.69) is 34.9 Å². The summed E-state index contributed by atoms with van der Waals surface area (Å²) < 4.78 is 1.80. The fraction of sp³-hybridized carbons (Fsp3) is 0.300. The zero-order valence-electron chi connectivity index (χ0n) is 8.27. The average Bonchev–Trinajstić information content (AvgIpc) is 2.75. The predicted molar refractivity (Wildman–Crippen MR) is 59.6 cm³/mol. The first kappa shape index (κ1) is 9.27. The van der Waals surface area contributed by atoms with Gasteiger partial charge in [0.15, 0.2) is 0 Å². The molecule has 1 atom stereocenters. The largest absolute Gasteiger partial charge is 0.375 e. The topological polar surface area (TPSA) is 29.9 Å². The van der Waals surface area contributed by atoms with Gasteiger partial charge in [-0.3, -0.25) is 4.68 Å². The summed E-state index contributed by atoms with van der Waals surface area (Å²) in [5, 5.41) is 9.59. The molecule has 0 bridgehead atoms. The molecule has 0 saturated carbocycles. The molecule has 0 spiro atoms. The highest BCUT2D eigenvalue weighted by atomic mass is 32.1. The summed E-state index contributed by atoms with van der Waals surface area (Å²) in [7, 11) is 1.92. The van der Waals surface area contributed by atoms with Gasteiger partial charge in [0, 0.05) is 18.1 Å². The Balaban J connectivity index is 2.05. The van der Waals surface area contributed by atoms with Gasteiger partial charge in [-0.15, -0.1) is 11.3 Å². The van der Waals surface area contributed by atoms with Crippen molar-refractivity contribution >= 4 is 17.0 Å². The van der Waals surface area contributed by atoms with Crippen LogP contribution >= 0.6 is 11.3 Å². The maximum absolute atomic E-state index is 4.11. The van der Waals surface area contributed by atoms with Crippen LogP contribution in [-0.2, 0) is 7.05 Å². The molecule has 2 rings (SSSR count). The van der Waals surface area contributed by atoms with Crippen molar-refractivity contribution in [3.63, 3.8) is 0 Å². The fourth-order valence-electron chi connectivity index (χ4n) is 1.35. The lowest BCUT2D eigenvalue weighted by Gasteiger charge is -2.10. The molecule has 0 fully saturated rings. The second kappa shape index (κ2) is 3.84. The number of aryl methyl sites for hydroxylation is 1. The lowest BCUT2D eigenvalue weighted by molar-refractivity contribution is 0.767. The van der Waals surface area contributed by atoms with Crippen molar-refractivity contribution < 1.29 is 0 Å². The van der Waals surface area contributed by atoms with E-state index in [9.17, 15) is 0 Å². The molecule has 2 aromatic rings. The van der Waals surface area contributed by atoms with E-state index in [0.717, 1.165) is 5.69 Å². The Morgan fingerprint density at radius 2 is 2.43 bits per heavy atom. The van der Waals surface area contributed by atoms with Crippen molar-refractivity contribution in [1.82, 2.24) is 9.78 Å². The van der Waals surface area contributed by atoms with Gasteiger partial charge in [0.1, 0.15) is 0 Å². The molecule has 14 heavy (non-hydrogen) atoms. The van der Waals surface area contributed by atoms with E-state index in [-0.39, 0.29) is 0 Å². The molecular weight excluding hydrogens is 194 g/mol. The normalized spacial score (nSPS) is 12.7. The van der Waals surface area contributed by atoms with E-state index in [4.69, 9.17) is 0 Å². The van der Waals surface area contributed by atoms with Gasteiger partial charge in [0.2, 0.25) is 0 Å². The maximum Gasteiger partial charge on any atom is 0.0731 e. The summed E-state index contributed by atoms with van der Waals surface area (Å²) in [5.74, 6) is 0. The molecule has 0 aliphatic carbocycles. The van der Waals surface area contributed by atoms with Gasteiger partial charge in [-0.1, -0.05) is 6.07 Å². The molecule has 0 aliphatic heterocycles. The number of thiophene rings is 1. The quantitative estimate of drug-likeness (QED) is 0.838. The highest BCUT2D eigenvalue weighted by Gasteiger charge is 2.06. The van der Waals surface area contributed by atoms with E-state index >= 15 is 0 Å². The SMILES string of the molecule is C[C@@H](Nc1cnn(C)c1)c1cccs1. The van der Waals surface area contributed by atoms with Gasteiger partial charge in [-0.2, -0.15) is 5.10 Å². The Labute approximate surface area is 87.4 Å². The van der Waals surface area contributed by atoms with Crippen molar-refractivity contribution in [1.29, 1.82) is 0 Å². The summed E-state index contributed by atoms with van der Waals surface area (Å²) in [6, 6.07) is 4.55. The van der Waals surface area contributed by atoms with Gasteiger partial charge < -0.3 is 5.32 Å². The van der Waals surface area contributed by atoms with Crippen LogP contribution in [-0.4, -0.2) is 9.78 Å². The summed E-state index contributed by atoms with van der Waals surface area (Å²) >= 11 is 1.77. The van der Waals surface area contributed by atoms with Crippen LogP contribution in [0.5, 0.6) is 0 Å². The first-order valence-corrected chi connectivity index (χ1v) is 5.42. The zero-order valence-corrected chi connectivity index (χ0v) is 9.08. The standard InChI is InChI=1S/C10H13N3S/c1-8(10-4-3-5-14-10)12-9-6-11-13(2)7-9/h3-8,12H,1-2H3/t8-/m1/s1. The van der Waals surface area contributed by atoms with Crippen LogP contribution in [0.3, 0.4) is 0 Å². The number of anilines is 1. The number of rotatable bonds is 3. The van der Waals surface area contributed by atoms with Crippen molar-refractivity contribution in [2.24, 2.45) is 7.05 Å². The van der Waals surface area contributed by atoms with Crippen LogP contribution in [0.25, 0.3) is 0 Å². The lowest BCUT2D eigenvalue weighted by atomic mass is 10.3. The minimum atomic E-state index is 0.346. The number of hydrogen-bond acceptors (Lipinski definition) is 3. The monoisotopic (exact) mass is 207 g/mol. The molecule has 0 radical (unpaired) electrons. The summed E-state index contributed by atoms with van der Waals surface area (Å²) in [6.07, 6.45) is 3.81. The van der Waals surface area contributed by atoms with Gasteiger partial charge >= 0.3 is 0 Å². The molecule has 0 aliphatic rings. The molecule has 1 N–H and O–H groups in total. The van der Waals surface area contributed by atoms with Gasteiger partial charge in [-0.25, -0.2) is 0 Å². The third-order valence-electron chi connectivity index (χ3n) is 2.06. The van der Waals surface area contributed by atoms with E-state index in [1.165, 1.54) is 4.88 Å². The summed E-state index contributed by atoms with van der Waals surface area (Å²) in [6.45, 7) is 2.15. The first-order valence-electron chi connectivity index (χ1n) is 4.54. The van der Waals surface area contributed by atoms with E-state index in [0.29, 0.717) is 6.04 Å². The molecule has 4 heteroatoms. The van der Waals surface area contributed by atoms with Crippen molar-refractivity contribution in [3.8, 4) is 0 Å². The Hall–Kier alpha value is -1.29. The number of hydrogen-bond donors (Lipinski definition) is 1. The van der Waals surface area contributed by atoms with Crippen LogP contribution in [0.4, 0.5) is 5.69 Å². The van der Waals surface area contributed by atoms with Crippen molar-refractivity contribution in [2.75, 3.05) is 5.32 Å². The number of nitrogens with one attached hydrogen (secondary N) is 1. The minimum absolute atomic E-state index is 0.346. The predicted octanol–water partition coefficient (Wildman–Crippen LogP) is 2.65. The molecule has 74 valence electrons. The second-order valence-electron chi connectivity index (χ2n) is 3.28. The van der Waals surface area contributed by atoms with Crippen LogP contribution in [0.1, 0.15) is 17.8 Å². The highest BCUT2D eigenvalue weighted by Crippen LogP contribution is 2.22. The Kier molecular flexibility index (Phi) is 2.54. The Morgan fingerprint density at radius 1 is 1.57 bits per heavy atom. The first-order chi connectivity index (χ1) is 6.75. The average molecular weight is 207 g/mol. The fourth-order valence-corrected chi connectivity index (χ4v) is 2.09. The number of nitrogens with zero attached hydrogens (tertiary/aromatic N) is 2. The number of aromatic nitrogens is 2. The van der Waals surface area contributed by atoms with Gasteiger partial charge in [0.05, 0.1) is 17.9 Å². The third kappa shape index (κ3) is 1.96. The van der Waals surface area contributed by atoms with E-state index in [1.807, 2.05) is 19.4 Å². The molecular formula is C10H13N3S. The van der Waals surface area contributed by atoms with Crippen LogP contribution < -0.4 is 5.32 Å². The van der Waals surface area contributed by atoms with Crippen LogP contribution in [0.2, 0.25) is 0 Å². The van der Waals surface area contributed by atoms with Gasteiger partial charge in [-0.05, 0) is 18.4 Å². The van der Waals surface area contributed by atoms with Crippen LogP contribution in [0, 0.1) is 0 Å². The van der Waals surface area contributed by atoms with Crippen molar-refractivity contribution in [3.05, 3.63) is 34.8 Å². The van der Waals surface area contributed by atoms with Crippen LogP contribution in [0.15, 0.2) is 29.9 Å². The third-order valence-corrected chi connectivity index (χ3v) is 3.11. The summed E-state index contributed by atoms with van der Waals surface area (Å²) in [4.78, 5) is 1.34. The highest BCUT2D eigenvalue weighted by molar-refractivity contribution is 7.10. The Bertz CT molecular complexity index is 391. The molecule has 3 nitrogen and oxygen atoms in total. The van der Waals surface area contributed by atoms with Gasteiger partial charge in [0.25, 0.3) is 0 Å². The lowest BCUT2D eigenvalue weighted by Crippen LogP contribution is -2.03. The summed E-state index contributed by atoms with van der Waals surface area (Å²) in [5.41, 5.74) is 1.06. The Morgan fingerprint density at radius 3 is 3.00 bits per heavy atom. The minimum Gasteiger partial charge on any atom is -0.375 e. The maximum atomic E-state index is 4.11. The molecule has 0 unspecified atom stereocenters.